The molecule has 2 heterocycles. The molecular weight excluding hydrogens is 1240 g/mol. The van der Waals surface area contributed by atoms with Crippen molar-refractivity contribution in [2.45, 2.75) is 77.4 Å². The van der Waals surface area contributed by atoms with Crippen LogP contribution in [0.4, 0.5) is 0 Å². The summed E-state index contributed by atoms with van der Waals surface area (Å²) < 4.78 is 10.6. The second-order valence-electron chi connectivity index (χ2n) is 20.7. The maximum atomic E-state index is 5.29. The summed E-state index contributed by atoms with van der Waals surface area (Å²) in [6.07, 6.45) is 7.98. The molecule has 2 saturated heterocycles. The number of rotatable bonds is 17. The van der Waals surface area contributed by atoms with Crippen LogP contribution in [-0.2, 0) is 103 Å². The first-order chi connectivity index (χ1) is 35.3. The molecule has 0 aliphatic carbocycles. The van der Waals surface area contributed by atoms with Gasteiger partial charge in [-0.3, -0.25) is 0 Å². The summed E-state index contributed by atoms with van der Waals surface area (Å²) in [5.74, 6) is 0. The van der Waals surface area contributed by atoms with E-state index in [2.05, 4.69) is 220 Å². The van der Waals surface area contributed by atoms with Crippen LogP contribution in [0.25, 0.3) is 32.7 Å². The number of fused-ring (bicyclic) bond motifs is 2. The van der Waals surface area contributed by atoms with Gasteiger partial charge in [0.2, 0.25) is 0 Å². The molecule has 2 atom stereocenters. The van der Waals surface area contributed by atoms with E-state index in [9.17, 15) is 0 Å². The third-order valence-electron chi connectivity index (χ3n) is 14.8. The van der Waals surface area contributed by atoms with Gasteiger partial charge in [-0.05, 0) is 176 Å². The van der Waals surface area contributed by atoms with E-state index in [1.165, 1.54) is 122 Å². The summed E-state index contributed by atoms with van der Waals surface area (Å²) >= 11 is 0. The predicted octanol–water partition coefficient (Wildman–Crippen LogP) is 16.0. The van der Waals surface area contributed by atoms with Gasteiger partial charge in [0.1, 0.15) is 0 Å². The van der Waals surface area contributed by atoms with Crippen molar-refractivity contribution < 1.29 is 51.6 Å². The predicted molar refractivity (Wildman–Crippen MR) is 298 cm³/mol. The van der Waals surface area contributed by atoms with Gasteiger partial charge in [-0.15, -0.1) is 0 Å². The first kappa shape index (κ1) is 51.5. The van der Waals surface area contributed by atoms with Gasteiger partial charge in [0.05, 0.1) is 0 Å². The van der Waals surface area contributed by atoms with Crippen molar-refractivity contribution in [3.8, 4) is 11.1 Å². The summed E-state index contributed by atoms with van der Waals surface area (Å²) in [5, 5.41) is 5.18. The van der Waals surface area contributed by atoms with E-state index in [1.807, 2.05) is 13.2 Å². The molecule has 0 amide bonds. The van der Waals surface area contributed by atoms with Crippen molar-refractivity contribution in [2.75, 3.05) is 0 Å². The Morgan fingerprint density at radius 3 is 1.01 bits per heavy atom. The van der Waals surface area contributed by atoms with Gasteiger partial charge in [0.15, 0.2) is 0 Å². The summed E-state index contributed by atoms with van der Waals surface area (Å²) in [7, 11) is 0. The van der Waals surface area contributed by atoms with E-state index in [-0.39, 0.29) is 42.1 Å². The van der Waals surface area contributed by atoms with E-state index >= 15 is 0 Å². The molecule has 2 aliphatic rings. The van der Waals surface area contributed by atoms with Gasteiger partial charge >= 0.3 is 0 Å². The number of hydrogen-bond donors (Lipinski definition) is 0. The van der Waals surface area contributed by atoms with Gasteiger partial charge in [0, 0.05) is 42.1 Å². The topological polar surface area (TPSA) is 25.1 Å². The smallest absolute Gasteiger partial charge is 0 e. The van der Waals surface area contributed by atoms with Crippen molar-refractivity contribution >= 4 is 21.5 Å². The Bertz CT molecular complexity index is 3500. The first-order valence-corrected chi connectivity index (χ1v) is 25.8. The summed E-state index contributed by atoms with van der Waals surface area (Å²) in [6, 6.07) is 78.5. The molecule has 0 saturated carbocycles. The molecule has 10 aromatic rings. The van der Waals surface area contributed by atoms with Crippen LogP contribution in [0.5, 0.6) is 0 Å². The Kier molecular flexibility index (Phi) is 16.2. The van der Waals surface area contributed by atoms with Crippen molar-refractivity contribution in [3.05, 3.63) is 308 Å². The third kappa shape index (κ3) is 12.9. The standard InChI is InChI=1S/C70H60O2.2W/c1-47-4-32-68-62(33-47)29-30-63(40-58-23-17-54(18-24-58)36-50-7-11-52(12-8-50)38-56-21-27-60(28-22-56)43-66-46-72-66)70(68)69-44-61(41-64-34-48(2)3-31-67(64)69)39-57-15-13-53(14-16-57)35-49-5-9-51(10-6-49)37-55-19-25-59(26-20-55)42-65-45-71-65;;/h3-34,41,44-46,65-66H,35-40,42-43H2,1-2H3;;/q-2;;. The fourth-order valence-electron chi connectivity index (χ4n) is 10.7. The summed E-state index contributed by atoms with van der Waals surface area (Å²) in [6.45, 7) is 8.22. The van der Waals surface area contributed by atoms with Crippen molar-refractivity contribution in [2.24, 2.45) is 0 Å². The molecule has 0 aromatic heterocycles. The van der Waals surface area contributed by atoms with E-state index in [0.717, 1.165) is 51.4 Å². The van der Waals surface area contributed by atoms with Crippen LogP contribution in [0.1, 0.15) is 89.0 Å². The maximum Gasteiger partial charge on any atom is 0 e. The molecule has 2 nitrogen and oxygen atoms in total. The van der Waals surface area contributed by atoms with Crippen molar-refractivity contribution in [1.29, 1.82) is 0 Å². The first-order valence-electron chi connectivity index (χ1n) is 25.8. The van der Waals surface area contributed by atoms with E-state index in [0.29, 0.717) is 12.2 Å². The molecule has 366 valence electrons. The Labute approximate surface area is 466 Å². The number of ether oxygens (including phenoxy) is 2. The van der Waals surface area contributed by atoms with Crippen molar-refractivity contribution in [3.63, 3.8) is 0 Å². The van der Waals surface area contributed by atoms with Crippen LogP contribution in [0, 0.1) is 27.1 Å². The molecule has 74 heavy (non-hydrogen) atoms. The largest absolute Gasteiger partial charge is 0.570 e. The Morgan fingerprint density at radius 2 is 0.635 bits per heavy atom. The van der Waals surface area contributed by atoms with Crippen LogP contribution in [0.3, 0.4) is 0 Å². The summed E-state index contributed by atoms with van der Waals surface area (Å²) in [5.41, 5.74) is 23.9. The van der Waals surface area contributed by atoms with Gasteiger partial charge < -0.3 is 9.47 Å². The molecule has 0 spiro atoms. The van der Waals surface area contributed by atoms with Crippen molar-refractivity contribution in [1.82, 2.24) is 0 Å². The van der Waals surface area contributed by atoms with Crippen LogP contribution in [0.15, 0.2) is 206 Å². The minimum Gasteiger partial charge on any atom is -0.570 e. The fourth-order valence-corrected chi connectivity index (χ4v) is 10.7. The Hall–Kier alpha value is -5.98. The molecule has 0 N–H and O–H groups in total. The molecule has 0 bridgehead atoms. The zero-order valence-electron chi connectivity index (χ0n) is 42.2. The molecule has 0 radical (unpaired) electrons. The number of epoxide rings is 2. The van der Waals surface area contributed by atoms with Crippen LogP contribution >= 0.6 is 0 Å². The second kappa shape index (κ2) is 23.3. The van der Waals surface area contributed by atoms with Crippen LogP contribution in [0.2, 0.25) is 0 Å². The minimum absolute atomic E-state index is 0. The molecule has 2 aliphatic heterocycles. The van der Waals surface area contributed by atoms with Gasteiger partial charge in [-0.25, -0.2) is 0 Å². The zero-order chi connectivity index (χ0) is 48.4. The summed E-state index contributed by atoms with van der Waals surface area (Å²) in [4.78, 5) is 0. The van der Waals surface area contributed by atoms with Crippen LogP contribution in [-0.4, -0.2) is 12.2 Å². The van der Waals surface area contributed by atoms with E-state index in [1.54, 1.807) is 0 Å². The average Bonchev–Trinajstić information content (AvgIpc) is 4.36. The third-order valence-corrected chi connectivity index (χ3v) is 14.8. The van der Waals surface area contributed by atoms with E-state index < -0.39 is 0 Å². The van der Waals surface area contributed by atoms with Gasteiger partial charge in [0.25, 0.3) is 0 Å². The monoisotopic (exact) mass is 1300 g/mol. The molecule has 2 fully saturated rings. The zero-order valence-corrected chi connectivity index (χ0v) is 48.1. The maximum absolute atomic E-state index is 5.29. The normalized spacial score (nSPS) is 14.6. The Morgan fingerprint density at radius 1 is 0.311 bits per heavy atom. The average molecular weight is 1300 g/mol. The second-order valence-corrected chi connectivity index (χ2v) is 20.7. The van der Waals surface area contributed by atoms with E-state index in [4.69, 9.17) is 9.47 Å². The Balaban J connectivity index is 0.00000313. The molecular formula is C70H60O2W2-2. The number of aryl methyl sites for hydroxylation is 2. The van der Waals surface area contributed by atoms with Gasteiger partial charge in [-0.1, -0.05) is 230 Å². The molecule has 4 heteroatoms. The minimum atomic E-state index is 0. The van der Waals surface area contributed by atoms with Crippen LogP contribution < -0.4 is 0 Å². The number of hydrogen-bond acceptors (Lipinski definition) is 2. The SMILES string of the molecule is Cc1ccc2c(-c3c(Cc4ccc(Cc5ccc(Cc6ccc(CC7[CH-]O7)cc6)cc5)cc4)ccc4cc(C)ccc34)cc(Cc3ccc(Cc4ccc(Cc5ccc(CC6[CH-]O6)cc5)cc4)cc3)cc2c1.[W].[W]. The molecule has 10 aromatic carbocycles. The molecule has 12 rings (SSSR count). The van der Waals surface area contributed by atoms with Gasteiger partial charge in [-0.2, -0.15) is 13.2 Å². The molecule has 2 unspecified atom stereocenters. The fraction of sp³-hybridized carbons (Fsp3) is 0.171. The number of benzene rings is 10. The quantitative estimate of drug-likeness (QED) is 0.0670.